The summed E-state index contributed by atoms with van der Waals surface area (Å²) in [5.74, 6) is 0.154. The second-order valence-corrected chi connectivity index (χ2v) is 5.39. The second kappa shape index (κ2) is 7.34. The van der Waals surface area contributed by atoms with Crippen LogP contribution >= 0.6 is 24.0 Å². The van der Waals surface area contributed by atoms with E-state index in [0.29, 0.717) is 11.4 Å². The Morgan fingerprint density at radius 2 is 2.00 bits per heavy atom. The lowest BCUT2D eigenvalue weighted by atomic mass is 9.80. The summed E-state index contributed by atoms with van der Waals surface area (Å²) in [7, 11) is 4.04. The van der Waals surface area contributed by atoms with Crippen LogP contribution in [0, 0.1) is 5.92 Å². The predicted molar refractivity (Wildman–Crippen MR) is 80.6 cm³/mol. The molecule has 0 saturated carbocycles. The third kappa shape index (κ3) is 4.13. The molecule has 0 radical (unpaired) electrons. The molecule has 2 atom stereocenters. The summed E-state index contributed by atoms with van der Waals surface area (Å²) in [6.07, 6.45) is 0.683. The summed E-state index contributed by atoms with van der Waals surface area (Å²) < 4.78 is 0. The van der Waals surface area contributed by atoms with Gasteiger partial charge >= 0.3 is 0 Å². The van der Waals surface area contributed by atoms with E-state index in [1.807, 2.05) is 45.3 Å². The van der Waals surface area contributed by atoms with E-state index in [1.54, 1.807) is 0 Å². The van der Waals surface area contributed by atoms with Crippen LogP contribution < -0.4 is 0 Å². The largest absolute Gasteiger partial charge is 0.385 e. The Morgan fingerprint density at radius 1 is 1.39 bits per heavy atom. The zero-order valence-electron chi connectivity index (χ0n) is 11.5. The van der Waals surface area contributed by atoms with Crippen LogP contribution in [0.4, 0.5) is 0 Å². The van der Waals surface area contributed by atoms with Crippen LogP contribution in [-0.4, -0.2) is 30.6 Å². The molecule has 0 aliphatic heterocycles. The Labute approximate surface area is 121 Å². The van der Waals surface area contributed by atoms with E-state index in [-0.39, 0.29) is 18.3 Å². The van der Waals surface area contributed by atoms with Gasteiger partial charge in [-0.1, -0.05) is 37.6 Å². The van der Waals surface area contributed by atoms with E-state index in [1.165, 1.54) is 0 Å². The summed E-state index contributed by atoms with van der Waals surface area (Å²) in [6.45, 7) is 4.92. The lowest BCUT2D eigenvalue weighted by Gasteiger charge is -2.35. The normalized spacial score (nSPS) is 15.9. The fourth-order valence-electron chi connectivity index (χ4n) is 2.29. The molecule has 0 bridgehead atoms. The van der Waals surface area contributed by atoms with Crippen molar-refractivity contribution in [2.24, 2.45) is 5.92 Å². The molecule has 1 N–H and O–H groups in total. The van der Waals surface area contributed by atoms with Crippen LogP contribution in [0.25, 0.3) is 0 Å². The number of aliphatic hydroxyl groups is 1. The average Bonchev–Trinajstić information content (AvgIpc) is 2.27. The highest BCUT2D eigenvalue weighted by molar-refractivity contribution is 6.30. The number of rotatable bonds is 5. The fourth-order valence-corrected chi connectivity index (χ4v) is 2.48. The molecular weight excluding hydrogens is 269 g/mol. The minimum absolute atomic E-state index is 0. The number of benzene rings is 1. The van der Waals surface area contributed by atoms with Gasteiger partial charge < -0.3 is 10.0 Å². The monoisotopic (exact) mass is 291 g/mol. The average molecular weight is 292 g/mol. The van der Waals surface area contributed by atoms with E-state index in [9.17, 15) is 5.11 Å². The van der Waals surface area contributed by atoms with Crippen LogP contribution in [-0.2, 0) is 5.60 Å². The minimum atomic E-state index is -0.810. The third-order valence-electron chi connectivity index (χ3n) is 3.32. The summed E-state index contributed by atoms with van der Waals surface area (Å²) in [4.78, 5) is 2.09. The highest BCUT2D eigenvalue weighted by atomic mass is 35.5. The number of hydrogen-bond acceptors (Lipinski definition) is 2. The molecule has 0 aliphatic rings. The summed E-state index contributed by atoms with van der Waals surface area (Å²) in [5.41, 5.74) is 0.0941. The van der Waals surface area contributed by atoms with Crippen molar-refractivity contribution in [3.8, 4) is 0 Å². The number of hydrogen-bond donors (Lipinski definition) is 1. The van der Waals surface area contributed by atoms with Crippen LogP contribution in [0.2, 0.25) is 5.02 Å². The van der Waals surface area contributed by atoms with E-state index >= 15 is 0 Å². The van der Waals surface area contributed by atoms with Crippen molar-refractivity contribution in [3.05, 3.63) is 34.9 Å². The molecule has 2 nitrogen and oxygen atoms in total. The van der Waals surface area contributed by atoms with Gasteiger partial charge in [0.25, 0.3) is 0 Å². The Balaban J connectivity index is 0.00000289. The molecule has 1 aromatic rings. The smallest absolute Gasteiger partial charge is 0.0932 e. The van der Waals surface area contributed by atoms with Gasteiger partial charge in [0.2, 0.25) is 0 Å². The van der Waals surface area contributed by atoms with Gasteiger partial charge in [-0.2, -0.15) is 0 Å². The van der Waals surface area contributed by atoms with Gasteiger partial charge in [0.15, 0.2) is 0 Å². The molecule has 0 heterocycles. The van der Waals surface area contributed by atoms with E-state index < -0.39 is 5.60 Å². The summed E-state index contributed by atoms with van der Waals surface area (Å²) >= 11 is 6.00. The van der Waals surface area contributed by atoms with E-state index in [0.717, 1.165) is 12.1 Å². The third-order valence-corrected chi connectivity index (χ3v) is 3.55. The van der Waals surface area contributed by atoms with Crippen molar-refractivity contribution in [2.45, 2.75) is 25.9 Å². The predicted octanol–water partition coefficient (Wildman–Crippen LogP) is 3.56. The topological polar surface area (TPSA) is 23.5 Å². The van der Waals surface area contributed by atoms with Crippen molar-refractivity contribution >= 4 is 24.0 Å². The Bertz CT molecular complexity index is 371. The zero-order chi connectivity index (χ0) is 13.1. The first-order chi connectivity index (χ1) is 7.90. The molecule has 1 aromatic carbocycles. The maximum Gasteiger partial charge on any atom is 0.0932 e. The van der Waals surface area contributed by atoms with Crippen molar-refractivity contribution in [1.82, 2.24) is 4.90 Å². The quantitative estimate of drug-likeness (QED) is 0.897. The minimum Gasteiger partial charge on any atom is -0.385 e. The van der Waals surface area contributed by atoms with E-state index in [2.05, 4.69) is 11.8 Å². The van der Waals surface area contributed by atoms with Crippen molar-refractivity contribution in [1.29, 1.82) is 0 Å². The van der Waals surface area contributed by atoms with E-state index in [4.69, 9.17) is 11.6 Å². The van der Waals surface area contributed by atoms with Crippen molar-refractivity contribution in [3.63, 3.8) is 0 Å². The van der Waals surface area contributed by atoms with Gasteiger partial charge in [-0.25, -0.2) is 0 Å². The molecule has 0 fully saturated rings. The van der Waals surface area contributed by atoms with Gasteiger partial charge in [0.05, 0.1) is 5.60 Å². The molecular formula is C14H23Cl2NO. The van der Waals surface area contributed by atoms with Crippen LogP contribution in [0.15, 0.2) is 24.3 Å². The molecule has 0 saturated heterocycles. The molecule has 0 unspecified atom stereocenters. The molecule has 18 heavy (non-hydrogen) atoms. The van der Waals surface area contributed by atoms with Gasteiger partial charge in [0.1, 0.15) is 0 Å². The van der Waals surface area contributed by atoms with Crippen LogP contribution in [0.1, 0.15) is 25.8 Å². The summed E-state index contributed by atoms with van der Waals surface area (Å²) in [6, 6.07) is 7.52. The van der Waals surface area contributed by atoms with Gasteiger partial charge in [0, 0.05) is 17.5 Å². The molecule has 4 heteroatoms. The van der Waals surface area contributed by atoms with Crippen molar-refractivity contribution < 1.29 is 5.11 Å². The standard InChI is InChI=1S/C14H22ClNO.ClH/c1-5-14(17,11(2)10-16(3)4)12-7-6-8-13(15)9-12;/h6-9,11,17H,5,10H2,1-4H3;1H/t11-,14-;/m1./s1. The lowest BCUT2D eigenvalue weighted by molar-refractivity contribution is -0.0291. The van der Waals surface area contributed by atoms with Crippen LogP contribution in [0.5, 0.6) is 0 Å². The van der Waals surface area contributed by atoms with Gasteiger partial charge in [-0.15, -0.1) is 12.4 Å². The number of nitrogens with zero attached hydrogens (tertiary/aromatic N) is 1. The first kappa shape index (κ1) is 17.7. The maximum absolute atomic E-state index is 10.8. The van der Waals surface area contributed by atoms with Gasteiger partial charge in [-0.3, -0.25) is 0 Å². The van der Waals surface area contributed by atoms with Crippen molar-refractivity contribution in [2.75, 3.05) is 20.6 Å². The van der Waals surface area contributed by atoms with Crippen LogP contribution in [0.3, 0.4) is 0 Å². The molecule has 104 valence electrons. The fraction of sp³-hybridized carbons (Fsp3) is 0.571. The second-order valence-electron chi connectivity index (χ2n) is 4.95. The molecule has 0 aromatic heterocycles. The summed E-state index contributed by atoms with van der Waals surface area (Å²) in [5, 5.41) is 11.5. The molecule has 0 spiro atoms. The highest BCUT2D eigenvalue weighted by Crippen LogP contribution is 2.34. The first-order valence-electron chi connectivity index (χ1n) is 6.03. The zero-order valence-corrected chi connectivity index (χ0v) is 13.1. The Hall–Kier alpha value is -0.280. The Kier molecular flexibility index (Phi) is 7.23. The first-order valence-corrected chi connectivity index (χ1v) is 6.41. The Morgan fingerprint density at radius 3 is 2.44 bits per heavy atom. The lowest BCUT2D eigenvalue weighted by Crippen LogP contribution is -2.38. The molecule has 0 amide bonds. The molecule has 1 rings (SSSR count). The number of halogens is 2. The molecule has 0 aliphatic carbocycles. The highest BCUT2D eigenvalue weighted by Gasteiger charge is 2.34. The SMILES string of the molecule is CC[C@](O)(c1cccc(Cl)c1)[C@H](C)CN(C)C.Cl. The maximum atomic E-state index is 10.8. The van der Waals surface area contributed by atoms with Gasteiger partial charge in [-0.05, 0) is 38.2 Å².